The summed E-state index contributed by atoms with van der Waals surface area (Å²) >= 11 is 3.40. The molecule has 0 spiro atoms. The van der Waals surface area contributed by atoms with E-state index in [1.807, 2.05) is 30.3 Å². The van der Waals surface area contributed by atoms with Crippen LogP contribution in [0.4, 0.5) is 11.4 Å². The summed E-state index contributed by atoms with van der Waals surface area (Å²) in [5.74, 6) is 2.19. The molecule has 4 fully saturated rings. The predicted octanol–water partition coefficient (Wildman–Crippen LogP) is 5.32. The molecule has 2 aromatic carbocycles. The van der Waals surface area contributed by atoms with Crippen LogP contribution < -0.4 is 9.62 Å². The van der Waals surface area contributed by atoms with Crippen LogP contribution in [0.3, 0.4) is 0 Å². The summed E-state index contributed by atoms with van der Waals surface area (Å²) in [7, 11) is -3.61. The number of hydrogen-bond donors (Lipinski definition) is 1. The third-order valence-corrected chi connectivity index (χ3v) is 9.47. The van der Waals surface area contributed by atoms with Gasteiger partial charge in [-0.2, -0.15) is 0 Å². The molecule has 0 heterocycles. The minimum atomic E-state index is -3.61. The van der Waals surface area contributed by atoms with Crippen molar-refractivity contribution >= 4 is 43.2 Å². The molecule has 0 atom stereocenters. The van der Waals surface area contributed by atoms with Crippen molar-refractivity contribution in [1.82, 2.24) is 0 Å². The van der Waals surface area contributed by atoms with Crippen LogP contribution in [0.1, 0.15) is 44.1 Å². The highest BCUT2D eigenvalue weighted by molar-refractivity contribution is 9.10. The van der Waals surface area contributed by atoms with Gasteiger partial charge in [0.25, 0.3) is 0 Å². The summed E-state index contributed by atoms with van der Waals surface area (Å²) in [4.78, 5) is 12.7. The molecule has 2 aromatic rings. The average Bonchev–Trinajstić information content (AvgIpc) is 2.72. The maximum absolute atomic E-state index is 12.7. The fourth-order valence-electron chi connectivity index (χ4n) is 6.73. The highest BCUT2D eigenvalue weighted by Gasteiger charge is 2.51. The first-order valence-corrected chi connectivity index (χ1v) is 14.0. The van der Waals surface area contributed by atoms with E-state index in [1.54, 1.807) is 6.07 Å². The number of sulfonamides is 1. The normalized spacial score (nSPS) is 28.5. The standard InChI is InChI=1S/C25H29BrN2O3S/c1-32(30,31)28(16-24(29)27-23-5-3-2-4-22(23)26)21-8-6-20(7-9-21)25-13-17-10-18(14-25)12-19(11-17)15-25/h2-9,17-19H,10-16H2,1H3,(H,27,29). The summed E-state index contributed by atoms with van der Waals surface area (Å²) in [5, 5.41) is 2.79. The third-order valence-electron chi connectivity index (χ3n) is 7.64. The first-order valence-electron chi connectivity index (χ1n) is 11.3. The van der Waals surface area contributed by atoms with Gasteiger partial charge >= 0.3 is 0 Å². The zero-order chi connectivity index (χ0) is 22.5. The molecule has 1 amide bonds. The maximum atomic E-state index is 12.7. The van der Waals surface area contributed by atoms with E-state index >= 15 is 0 Å². The molecule has 0 radical (unpaired) electrons. The molecule has 0 saturated heterocycles. The Kier molecular flexibility index (Phi) is 5.61. The van der Waals surface area contributed by atoms with Gasteiger partial charge < -0.3 is 5.32 Å². The smallest absolute Gasteiger partial charge is 0.245 e. The molecule has 4 aliphatic rings. The minimum Gasteiger partial charge on any atom is -0.323 e. The fraction of sp³-hybridized carbons (Fsp3) is 0.480. The SMILES string of the molecule is CS(=O)(=O)N(CC(=O)Nc1ccccc1Br)c1ccc(C23CC4CC(CC(C4)C2)C3)cc1. The van der Waals surface area contributed by atoms with Crippen molar-refractivity contribution < 1.29 is 13.2 Å². The van der Waals surface area contributed by atoms with Crippen LogP contribution in [0.25, 0.3) is 0 Å². The third kappa shape index (κ3) is 4.21. The maximum Gasteiger partial charge on any atom is 0.245 e. The molecule has 32 heavy (non-hydrogen) atoms. The Hall–Kier alpha value is -1.86. The lowest BCUT2D eigenvalue weighted by atomic mass is 9.48. The minimum absolute atomic E-state index is 0.264. The highest BCUT2D eigenvalue weighted by atomic mass is 79.9. The lowest BCUT2D eigenvalue weighted by molar-refractivity contribution is -0.114. The van der Waals surface area contributed by atoms with Crippen molar-refractivity contribution in [3.8, 4) is 0 Å². The predicted molar refractivity (Wildman–Crippen MR) is 131 cm³/mol. The van der Waals surface area contributed by atoms with Crippen molar-refractivity contribution in [3.05, 3.63) is 58.6 Å². The number of nitrogens with one attached hydrogen (secondary N) is 1. The van der Waals surface area contributed by atoms with Crippen molar-refractivity contribution in [2.24, 2.45) is 17.8 Å². The Morgan fingerprint density at radius 3 is 2.09 bits per heavy atom. The monoisotopic (exact) mass is 516 g/mol. The second-order valence-corrected chi connectivity index (χ2v) is 12.8. The Balaban J connectivity index is 1.36. The number of amides is 1. The van der Waals surface area contributed by atoms with E-state index in [2.05, 4.69) is 33.4 Å². The van der Waals surface area contributed by atoms with Crippen LogP contribution in [0, 0.1) is 17.8 Å². The number of para-hydroxylation sites is 1. The summed E-state index contributed by atoms with van der Waals surface area (Å²) in [6.07, 6.45) is 9.13. The van der Waals surface area contributed by atoms with E-state index in [0.29, 0.717) is 11.4 Å². The number of hydrogen-bond acceptors (Lipinski definition) is 3. The molecule has 4 bridgehead atoms. The van der Waals surface area contributed by atoms with E-state index < -0.39 is 10.0 Å². The summed E-state index contributed by atoms with van der Waals surface area (Å²) in [5.41, 5.74) is 2.75. The zero-order valence-electron chi connectivity index (χ0n) is 18.3. The van der Waals surface area contributed by atoms with Gasteiger partial charge in [-0.1, -0.05) is 24.3 Å². The van der Waals surface area contributed by atoms with Crippen molar-refractivity contribution in [2.45, 2.75) is 43.9 Å². The molecular weight excluding hydrogens is 488 g/mol. The Labute approximate surface area is 198 Å². The van der Waals surface area contributed by atoms with E-state index in [0.717, 1.165) is 28.5 Å². The van der Waals surface area contributed by atoms with Gasteiger partial charge in [0.15, 0.2) is 0 Å². The first-order chi connectivity index (χ1) is 15.2. The van der Waals surface area contributed by atoms with Crippen LogP contribution in [0.2, 0.25) is 0 Å². The van der Waals surface area contributed by atoms with Crippen LogP contribution >= 0.6 is 15.9 Å². The largest absolute Gasteiger partial charge is 0.323 e. The van der Waals surface area contributed by atoms with Gasteiger partial charge in [0.2, 0.25) is 15.9 Å². The number of rotatable bonds is 6. The molecule has 4 aliphatic carbocycles. The van der Waals surface area contributed by atoms with E-state index in [-0.39, 0.29) is 17.9 Å². The van der Waals surface area contributed by atoms with Crippen LogP contribution in [0.15, 0.2) is 53.0 Å². The second-order valence-electron chi connectivity index (χ2n) is 10.0. The quantitative estimate of drug-likeness (QED) is 0.564. The van der Waals surface area contributed by atoms with Gasteiger partial charge in [0.1, 0.15) is 6.54 Å². The Morgan fingerprint density at radius 1 is 1.00 bits per heavy atom. The van der Waals surface area contributed by atoms with Crippen LogP contribution in [0.5, 0.6) is 0 Å². The summed E-state index contributed by atoms with van der Waals surface area (Å²) in [6, 6.07) is 15.2. The number of halogens is 1. The lowest BCUT2D eigenvalue weighted by Gasteiger charge is -2.57. The van der Waals surface area contributed by atoms with Gasteiger partial charge in [0, 0.05) is 4.47 Å². The van der Waals surface area contributed by atoms with Gasteiger partial charge in [-0.3, -0.25) is 9.10 Å². The zero-order valence-corrected chi connectivity index (χ0v) is 20.7. The number of carbonyl (C=O) groups excluding carboxylic acids is 1. The van der Waals surface area contributed by atoms with Gasteiger partial charge in [-0.05, 0) is 107 Å². The molecule has 7 heteroatoms. The van der Waals surface area contributed by atoms with Crippen LogP contribution in [-0.2, 0) is 20.2 Å². The van der Waals surface area contributed by atoms with Gasteiger partial charge in [0.05, 0.1) is 17.6 Å². The van der Waals surface area contributed by atoms with Crippen LogP contribution in [-0.4, -0.2) is 27.1 Å². The molecule has 0 unspecified atom stereocenters. The topological polar surface area (TPSA) is 66.5 Å². The van der Waals surface area contributed by atoms with Crippen molar-refractivity contribution in [3.63, 3.8) is 0 Å². The van der Waals surface area contributed by atoms with Crippen molar-refractivity contribution in [2.75, 3.05) is 22.4 Å². The second kappa shape index (κ2) is 8.17. The molecular formula is C25H29BrN2O3S. The molecule has 0 aromatic heterocycles. The Bertz CT molecular complexity index is 1090. The highest BCUT2D eigenvalue weighted by Crippen LogP contribution is 2.60. The first kappa shape index (κ1) is 22.0. The number of benzene rings is 2. The lowest BCUT2D eigenvalue weighted by Crippen LogP contribution is -2.48. The molecule has 1 N–H and O–H groups in total. The molecule has 170 valence electrons. The number of anilines is 2. The average molecular weight is 517 g/mol. The van der Waals surface area contributed by atoms with Crippen molar-refractivity contribution in [1.29, 1.82) is 0 Å². The van der Waals surface area contributed by atoms with E-state index in [1.165, 1.54) is 48.4 Å². The van der Waals surface area contributed by atoms with E-state index in [9.17, 15) is 13.2 Å². The summed E-state index contributed by atoms with van der Waals surface area (Å²) in [6.45, 7) is -0.267. The fourth-order valence-corrected chi connectivity index (χ4v) is 7.97. The Morgan fingerprint density at radius 2 is 1.56 bits per heavy atom. The molecule has 4 saturated carbocycles. The number of nitrogens with zero attached hydrogens (tertiary/aromatic N) is 1. The van der Waals surface area contributed by atoms with Gasteiger partial charge in [-0.15, -0.1) is 0 Å². The molecule has 6 rings (SSSR count). The van der Waals surface area contributed by atoms with Gasteiger partial charge in [-0.25, -0.2) is 8.42 Å². The number of carbonyl (C=O) groups is 1. The molecule has 0 aliphatic heterocycles. The summed E-state index contributed by atoms with van der Waals surface area (Å²) < 4.78 is 27.0. The molecule has 5 nitrogen and oxygen atoms in total. The van der Waals surface area contributed by atoms with E-state index in [4.69, 9.17) is 0 Å².